The summed E-state index contributed by atoms with van der Waals surface area (Å²) >= 11 is 0. The van der Waals surface area contributed by atoms with Gasteiger partial charge in [0.05, 0.1) is 10.6 Å². The first kappa shape index (κ1) is 15.5. The average molecular weight is 300 g/mol. The topological polar surface area (TPSA) is 92.5 Å². The van der Waals surface area contributed by atoms with E-state index in [2.05, 4.69) is 5.32 Å². The van der Waals surface area contributed by atoms with Gasteiger partial charge in [-0.3, -0.25) is 10.1 Å². The number of nitro groups is 1. The highest BCUT2D eigenvalue weighted by Gasteiger charge is 2.23. The molecule has 22 heavy (non-hydrogen) atoms. The second kappa shape index (κ2) is 7.21. The van der Waals surface area contributed by atoms with Crippen molar-refractivity contribution in [2.75, 3.05) is 11.9 Å². The molecule has 0 aromatic heterocycles. The lowest BCUT2D eigenvalue weighted by Gasteiger charge is -2.09. The Bertz CT molecular complexity index is 671. The first-order valence-electron chi connectivity index (χ1n) is 6.88. The van der Waals surface area contributed by atoms with Gasteiger partial charge in [-0.25, -0.2) is 4.79 Å². The van der Waals surface area contributed by atoms with Crippen molar-refractivity contribution in [3.63, 3.8) is 0 Å². The predicted octanol–water partition coefficient (Wildman–Crippen LogP) is 3.34. The van der Waals surface area contributed by atoms with Gasteiger partial charge in [-0.05, 0) is 24.5 Å². The summed E-state index contributed by atoms with van der Waals surface area (Å²) in [6.07, 6.45) is 1.65. The Balaban J connectivity index is 2.02. The van der Waals surface area contributed by atoms with Crippen LogP contribution in [0.5, 0.6) is 0 Å². The van der Waals surface area contributed by atoms with Crippen molar-refractivity contribution >= 4 is 17.3 Å². The first-order chi connectivity index (χ1) is 10.6. The number of anilines is 1. The summed E-state index contributed by atoms with van der Waals surface area (Å²) in [4.78, 5) is 21.5. The highest BCUT2D eigenvalue weighted by atomic mass is 16.6. The third-order valence-electron chi connectivity index (χ3n) is 3.25. The fraction of sp³-hybridized carbons (Fsp3) is 0.188. The van der Waals surface area contributed by atoms with E-state index in [0.717, 1.165) is 12.8 Å². The molecular weight excluding hydrogens is 284 g/mol. The van der Waals surface area contributed by atoms with Crippen molar-refractivity contribution in [1.29, 1.82) is 0 Å². The molecule has 0 fully saturated rings. The van der Waals surface area contributed by atoms with Crippen LogP contribution in [0.3, 0.4) is 0 Å². The maximum Gasteiger partial charge on any atom is 0.344 e. The van der Waals surface area contributed by atoms with Gasteiger partial charge in [-0.1, -0.05) is 36.4 Å². The van der Waals surface area contributed by atoms with Crippen LogP contribution in [0.15, 0.2) is 48.5 Å². The molecule has 0 aliphatic heterocycles. The van der Waals surface area contributed by atoms with Gasteiger partial charge >= 0.3 is 5.97 Å². The summed E-state index contributed by atoms with van der Waals surface area (Å²) in [5, 5.41) is 23.1. The van der Waals surface area contributed by atoms with Gasteiger partial charge in [0.15, 0.2) is 5.56 Å². The summed E-state index contributed by atoms with van der Waals surface area (Å²) < 4.78 is 0. The molecule has 0 aliphatic carbocycles. The lowest BCUT2D eigenvalue weighted by Crippen LogP contribution is -2.10. The van der Waals surface area contributed by atoms with Crippen molar-refractivity contribution in [2.24, 2.45) is 0 Å². The lowest BCUT2D eigenvalue weighted by atomic mass is 10.1. The van der Waals surface area contributed by atoms with Crippen LogP contribution >= 0.6 is 0 Å². The van der Waals surface area contributed by atoms with Gasteiger partial charge in [0, 0.05) is 12.6 Å². The Morgan fingerprint density at radius 2 is 1.86 bits per heavy atom. The number of carbonyl (C=O) groups is 1. The second-order valence-corrected chi connectivity index (χ2v) is 4.78. The molecule has 6 nitrogen and oxygen atoms in total. The van der Waals surface area contributed by atoms with Gasteiger partial charge in [0.25, 0.3) is 5.69 Å². The summed E-state index contributed by atoms with van der Waals surface area (Å²) in [6.45, 7) is 0.538. The predicted molar refractivity (Wildman–Crippen MR) is 83.3 cm³/mol. The van der Waals surface area contributed by atoms with E-state index in [1.54, 1.807) is 6.07 Å². The van der Waals surface area contributed by atoms with Gasteiger partial charge < -0.3 is 10.4 Å². The molecule has 2 N–H and O–H groups in total. The number of carboxylic acids is 1. The highest BCUT2D eigenvalue weighted by molar-refractivity contribution is 5.98. The van der Waals surface area contributed by atoms with Crippen LogP contribution in [0.1, 0.15) is 22.3 Å². The normalized spacial score (nSPS) is 10.2. The maximum absolute atomic E-state index is 11.3. The van der Waals surface area contributed by atoms with Crippen molar-refractivity contribution in [3.8, 4) is 0 Å². The molecule has 0 bridgehead atoms. The fourth-order valence-corrected chi connectivity index (χ4v) is 2.22. The van der Waals surface area contributed by atoms with Crippen LogP contribution in [-0.2, 0) is 6.42 Å². The molecule has 0 aliphatic rings. The number of benzene rings is 2. The molecule has 0 saturated heterocycles. The molecule has 0 amide bonds. The van der Waals surface area contributed by atoms with E-state index in [4.69, 9.17) is 0 Å². The van der Waals surface area contributed by atoms with Crippen LogP contribution < -0.4 is 5.32 Å². The smallest absolute Gasteiger partial charge is 0.344 e. The third kappa shape index (κ3) is 3.82. The van der Waals surface area contributed by atoms with Crippen LogP contribution in [0.25, 0.3) is 0 Å². The number of carboxylic acid groups (broad SMARTS) is 1. The van der Waals surface area contributed by atoms with Gasteiger partial charge in [-0.2, -0.15) is 0 Å². The number of hydrogen-bond donors (Lipinski definition) is 2. The monoisotopic (exact) mass is 300 g/mol. The van der Waals surface area contributed by atoms with E-state index in [0.29, 0.717) is 6.54 Å². The van der Waals surface area contributed by atoms with Crippen molar-refractivity contribution in [3.05, 3.63) is 69.8 Å². The Kier molecular flexibility index (Phi) is 5.08. The summed E-state index contributed by atoms with van der Waals surface area (Å²) in [6, 6.07) is 14.1. The molecule has 114 valence electrons. The minimum atomic E-state index is -1.31. The largest absolute Gasteiger partial charge is 0.477 e. The van der Waals surface area contributed by atoms with E-state index in [1.165, 1.54) is 17.7 Å². The molecule has 0 heterocycles. The number of nitrogens with zero attached hydrogens (tertiary/aromatic N) is 1. The molecule has 0 spiro atoms. The Morgan fingerprint density at radius 1 is 1.14 bits per heavy atom. The second-order valence-electron chi connectivity index (χ2n) is 4.78. The molecule has 2 rings (SSSR count). The van der Waals surface area contributed by atoms with Crippen LogP contribution in [0.2, 0.25) is 0 Å². The lowest BCUT2D eigenvalue weighted by molar-refractivity contribution is -0.385. The molecule has 0 unspecified atom stereocenters. The zero-order valence-electron chi connectivity index (χ0n) is 11.9. The Morgan fingerprint density at radius 3 is 2.50 bits per heavy atom. The van der Waals surface area contributed by atoms with Crippen LogP contribution in [0, 0.1) is 10.1 Å². The fourth-order valence-electron chi connectivity index (χ4n) is 2.22. The molecular formula is C16H16N2O4. The standard InChI is InChI=1S/C16H16N2O4/c19-16(20)15-13(9-4-10-14(15)18(21)22)17-11-5-8-12-6-2-1-3-7-12/h1-4,6-7,9-10,17H,5,8,11H2,(H,19,20). The molecule has 0 radical (unpaired) electrons. The average Bonchev–Trinajstić information content (AvgIpc) is 2.52. The van der Waals surface area contributed by atoms with E-state index in [9.17, 15) is 20.0 Å². The number of nitro benzene ring substituents is 1. The maximum atomic E-state index is 11.3. The Hall–Kier alpha value is -2.89. The number of rotatable bonds is 7. The van der Waals surface area contributed by atoms with E-state index < -0.39 is 16.6 Å². The molecule has 2 aromatic carbocycles. The van der Waals surface area contributed by atoms with Gasteiger partial charge in [0.1, 0.15) is 0 Å². The minimum Gasteiger partial charge on any atom is -0.477 e. The SMILES string of the molecule is O=C(O)c1c(NCCCc2ccccc2)cccc1[N+](=O)[O-]. The van der Waals surface area contributed by atoms with Gasteiger partial charge in [0.2, 0.25) is 0 Å². The van der Waals surface area contributed by atoms with E-state index >= 15 is 0 Å². The van der Waals surface area contributed by atoms with Crippen molar-refractivity contribution < 1.29 is 14.8 Å². The highest BCUT2D eigenvalue weighted by Crippen LogP contribution is 2.26. The third-order valence-corrected chi connectivity index (χ3v) is 3.25. The quantitative estimate of drug-likeness (QED) is 0.465. The molecule has 0 atom stereocenters. The Labute approximate surface area is 127 Å². The number of nitrogens with one attached hydrogen (secondary N) is 1. The first-order valence-corrected chi connectivity index (χ1v) is 6.88. The van der Waals surface area contributed by atoms with E-state index in [1.807, 2.05) is 30.3 Å². The van der Waals surface area contributed by atoms with Gasteiger partial charge in [-0.15, -0.1) is 0 Å². The minimum absolute atomic E-state index is 0.273. The number of aromatic carboxylic acids is 1. The van der Waals surface area contributed by atoms with Crippen molar-refractivity contribution in [1.82, 2.24) is 0 Å². The molecule has 0 saturated carbocycles. The number of aryl methyl sites for hydroxylation is 1. The summed E-state index contributed by atoms with van der Waals surface area (Å²) in [7, 11) is 0. The van der Waals surface area contributed by atoms with Crippen LogP contribution in [0.4, 0.5) is 11.4 Å². The van der Waals surface area contributed by atoms with Crippen molar-refractivity contribution in [2.45, 2.75) is 12.8 Å². The van der Waals surface area contributed by atoms with Crippen LogP contribution in [-0.4, -0.2) is 22.5 Å². The zero-order chi connectivity index (χ0) is 15.9. The van der Waals surface area contributed by atoms with E-state index in [-0.39, 0.29) is 11.3 Å². The zero-order valence-corrected chi connectivity index (χ0v) is 11.9. The number of hydrogen-bond acceptors (Lipinski definition) is 4. The molecule has 6 heteroatoms. The summed E-state index contributed by atoms with van der Waals surface area (Å²) in [5.41, 5.74) is 0.768. The molecule has 2 aromatic rings. The summed E-state index contributed by atoms with van der Waals surface area (Å²) in [5.74, 6) is -1.31.